The summed E-state index contributed by atoms with van der Waals surface area (Å²) < 4.78 is 6.53. The molecule has 2 amide bonds. The molecule has 6 heteroatoms. The maximum atomic E-state index is 12.4. The lowest BCUT2D eigenvalue weighted by Gasteiger charge is -2.18. The summed E-state index contributed by atoms with van der Waals surface area (Å²) in [5, 5.41) is 5.35. The van der Waals surface area contributed by atoms with Crippen LogP contribution < -0.4 is 15.4 Å². The van der Waals surface area contributed by atoms with Crippen molar-refractivity contribution in [1.29, 1.82) is 0 Å². The molecule has 0 fully saturated rings. The molecule has 2 aromatic rings. The van der Waals surface area contributed by atoms with Crippen LogP contribution in [0.3, 0.4) is 0 Å². The zero-order chi connectivity index (χ0) is 17.1. The molecular formula is C18H15BrN2O3. The van der Waals surface area contributed by atoms with Gasteiger partial charge in [-0.2, -0.15) is 0 Å². The highest BCUT2D eigenvalue weighted by Crippen LogP contribution is 2.29. The van der Waals surface area contributed by atoms with E-state index in [1.807, 2.05) is 24.3 Å². The first-order valence-corrected chi connectivity index (χ1v) is 8.12. The van der Waals surface area contributed by atoms with Crippen molar-refractivity contribution in [2.75, 3.05) is 19.0 Å². The van der Waals surface area contributed by atoms with Gasteiger partial charge in [-0.15, -0.1) is 0 Å². The monoisotopic (exact) mass is 386 g/mol. The van der Waals surface area contributed by atoms with Crippen molar-refractivity contribution in [1.82, 2.24) is 5.32 Å². The van der Waals surface area contributed by atoms with E-state index in [-0.39, 0.29) is 18.4 Å². The van der Waals surface area contributed by atoms with Crippen molar-refractivity contribution in [3.63, 3.8) is 0 Å². The van der Waals surface area contributed by atoms with E-state index < -0.39 is 0 Å². The molecule has 0 atom stereocenters. The molecule has 1 aliphatic heterocycles. The summed E-state index contributed by atoms with van der Waals surface area (Å²) in [6.07, 6.45) is 1.81. The molecule has 0 unspecified atom stereocenters. The zero-order valence-corrected chi connectivity index (χ0v) is 14.5. The summed E-state index contributed by atoms with van der Waals surface area (Å²) in [4.78, 5) is 24.1. The number of carbonyl (C=O) groups is 2. The van der Waals surface area contributed by atoms with E-state index in [1.54, 1.807) is 31.3 Å². The van der Waals surface area contributed by atoms with Crippen LogP contribution in [0.1, 0.15) is 15.9 Å². The Hall–Kier alpha value is -2.60. The second-order valence-electron chi connectivity index (χ2n) is 5.25. The second kappa shape index (κ2) is 6.88. The summed E-state index contributed by atoms with van der Waals surface area (Å²) in [6, 6.07) is 12.4. The normalized spacial score (nSPS) is 12.5. The van der Waals surface area contributed by atoms with Gasteiger partial charge in [0.1, 0.15) is 12.4 Å². The van der Waals surface area contributed by atoms with Crippen LogP contribution in [-0.2, 0) is 4.79 Å². The average molecular weight is 387 g/mol. The highest BCUT2D eigenvalue weighted by atomic mass is 79.9. The van der Waals surface area contributed by atoms with Gasteiger partial charge in [0, 0.05) is 28.3 Å². The smallest absolute Gasteiger partial charge is 0.255 e. The van der Waals surface area contributed by atoms with Crippen molar-refractivity contribution in [2.24, 2.45) is 0 Å². The standard InChI is InChI=1S/C18H15BrN2O3/c1-20-17(22)11-3-2-4-15(9-11)21-18(23)13-7-12-8-14(19)5-6-16(12)24-10-13/h2-9H,10H2,1H3,(H,20,22)(H,21,23). The molecular weight excluding hydrogens is 372 g/mol. The molecule has 1 heterocycles. The van der Waals surface area contributed by atoms with Crippen LogP contribution in [0.5, 0.6) is 5.75 Å². The van der Waals surface area contributed by atoms with Gasteiger partial charge in [-0.1, -0.05) is 22.0 Å². The number of fused-ring (bicyclic) bond motifs is 1. The molecule has 1 aliphatic rings. The molecule has 0 saturated heterocycles. The number of carbonyl (C=O) groups excluding carboxylic acids is 2. The van der Waals surface area contributed by atoms with Crippen molar-refractivity contribution in [3.8, 4) is 5.75 Å². The zero-order valence-electron chi connectivity index (χ0n) is 12.9. The predicted molar refractivity (Wildman–Crippen MR) is 96.1 cm³/mol. The van der Waals surface area contributed by atoms with Crippen molar-refractivity contribution in [3.05, 3.63) is 63.6 Å². The number of benzene rings is 2. The summed E-state index contributed by atoms with van der Waals surface area (Å²) in [5.41, 5.74) is 2.41. The average Bonchev–Trinajstić information content (AvgIpc) is 2.60. The minimum atomic E-state index is -0.255. The lowest BCUT2D eigenvalue weighted by molar-refractivity contribution is -0.113. The number of hydrogen-bond donors (Lipinski definition) is 2. The SMILES string of the molecule is CNC(=O)c1cccc(NC(=O)C2=Cc3cc(Br)ccc3OC2)c1. The fourth-order valence-corrected chi connectivity index (χ4v) is 2.75. The van der Waals surface area contributed by atoms with Crippen LogP contribution in [-0.4, -0.2) is 25.5 Å². The van der Waals surface area contributed by atoms with E-state index in [2.05, 4.69) is 26.6 Å². The quantitative estimate of drug-likeness (QED) is 0.850. The Morgan fingerprint density at radius 2 is 1.96 bits per heavy atom. The van der Waals surface area contributed by atoms with Crippen LogP contribution >= 0.6 is 15.9 Å². The van der Waals surface area contributed by atoms with Gasteiger partial charge in [0.05, 0.1) is 5.57 Å². The predicted octanol–water partition coefficient (Wildman–Crippen LogP) is 3.22. The minimum Gasteiger partial charge on any atom is -0.488 e. The molecule has 3 rings (SSSR count). The number of halogens is 1. The van der Waals surface area contributed by atoms with Gasteiger partial charge in [-0.3, -0.25) is 9.59 Å². The minimum absolute atomic E-state index is 0.204. The van der Waals surface area contributed by atoms with Crippen LogP contribution in [0.15, 0.2) is 52.5 Å². The van der Waals surface area contributed by atoms with Crippen LogP contribution in [0.25, 0.3) is 6.08 Å². The van der Waals surface area contributed by atoms with Gasteiger partial charge < -0.3 is 15.4 Å². The Bertz CT molecular complexity index is 846. The molecule has 2 N–H and O–H groups in total. The van der Waals surface area contributed by atoms with Crippen molar-refractivity contribution in [2.45, 2.75) is 0 Å². The maximum Gasteiger partial charge on any atom is 0.255 e. The Kier molecular flexibility index (Phi) is 4.66. The van der Waals surface area contributed by atoms with E-state index in [9.17, 15) is 9.59 Å². The topological polar surface area (TPSA) is 67.4 Å². The van der Waals surface area contributed by atoms with Gasteiger partial charge in [-0.05, 0) is 42.5 Å². The van der Waals surface area contributed by atoms with Crippen molar-refractivity contribution >= 4 is 39.5 Å². The van der Waals surface area contributed by atoms with Gasteiger partial charge in [0.15, 0.2) is 0 Å². The first kappa shape index (κ1) is 16.3. The Morgan fingerprint density at radius 1 is 1.12 bits per heavy atom. The molecule has 24 heavy (non-hydrogen) atoms. The number of hydrogen-bond acceptors (Lipinski definition) is 3. The molecule has 0 aliphatic carbocycles. The number of ether oxygens (including phenoxy) is 1. The third kappa shape index (κ3) is 3.49. The Labute approximate surface area is 147 Å². The first-order chi connectivity index (χ1) is 11.6. The van der Waals surface area contributed by atoms with Crippen LogP contribution in [0.2, 0.25) is 0 Å². The van der Waals surface area contributed by atoms with Crippen LogP contribution in [0, 0.1) is 0 Å². The molecule has 122 valence electrons. The van der Waals surface area contributed by atoms with E-state index in [4.69, 9.17) is 4.74 Å². The molecule has 0 radical (unpaired) electrons. The van der Waals surface area contributed by atoms with Gasteiger partial charge in [-0.25, -0.2) is 0 Å². The number of anilines is 1. The van der Waals surface area contributed by atoms with E-state index in [1.165, 1.54) is 0 Å². The molecule has 0 bridgehead atoms. The molecule has 0 aromatic heterocycles. The van der Waals surface area contributed by atoms with Gasteiger partial charge >= 0.3 is 0 Å². The summed E-state index contributed by atoms with van der Waals surface area (Å²) in [5.74, 6) is 0.288. The number of rotatable bonds is 3. The Balaban J connectivity index is 1.80. The third-order valence-corrected chi connectivity index (χ3v) is 4.08. The fourth-order valence-electron chi connectivity index (χ4n) is 2.37. The van der Waals surface area contributed by atoms with Crippen LogP contribution in [0.4, 0.5) is 5.69 Å². The van der Waals surface area contributed by atoms with Gasteiger partial charge in [0.2, 0.25) is 0 Å². The summed E-state index contributed by atoms with van der Waals surface area (Å²) in [7, 11) is 1.56. The Morgan fingerprint density at radius 3 is 2.75 bits per heavy atom. The molecule has 0 spiro atoms. The molecule has 2 aromatic carbocycles. The molecule has 0 saturated carbocycles. The fraction of sp³-hybridized carbons (Fsp3) is 0.111. The number of nitrogens with one attached hydrogen (secondary N) is 2. The van der Waals surface area contributed by atoms with Gasteiger partial charge in [0.25, 0.3) is 11.8 Å². The number of amides is 2. The van der Waals surface area contributed by atoms with E-state index in [0.717, 1.165) is 15.8 Å². The summed E-state index contributed by atoms with van der Waals surface area (Å²) in [6.45, 7) is 0.204. The largest absolute Gasteiger partial charge is 0.488 e. The van der Waals surface area contributed by atoms with Crippen molar-refractivity contribution < 1.29 is 14.3 Å². The lowest BCUT2D eigenvalue weighted by atomic mass is 10.1. The van der Waals surface area contributed by atoms with E-state index >= 15 is 0 Å². The lowest BCUT2D eigenvalue weighted by Crippen LogP contribution is -2.22. The maximum absolute atomic E-state index is 12.4. The second-order valence-corrected chi connectivity index (χ2v) is 6.17. The first-order valence-electron chi connectivity index (χ1n) is 7.33. The highest BCUT2D eigenvalue weighted by Gasteiger charge is 2.18. The third-order valence-electron chi connectivity index (χ3n) is 3.59. The highest BCUT2D eigenvalue weighted by molar-refractivity contribution is 9.10. The molecule has 5 nitrogen and oxygen atoms in total. The van der Waals surface area contributed by atoms with E-state index in [0.29, 0.717) is 16.8 Å². The summed E-state index contributed by atoms with van der Waals surface area (Å²) >= 11 is 3.41.